The van der Waals surface area contributed by atoms with E-state index in [9.17, 15) is 4.79 Å². The largest absolute Gasteiger partial charge is 0.321 e. The van der Waals surface area contributed by atoms with Crippen molar-refractivity contribution >= 4 is 23.4 Å². The van der Waals surface area contributed by atoms with E-state index in [-0.39, 0.29) is 5.91 Å². The summed E-state index contributed by atoms with van der Waals surface area (Å²) in [5.41, 5.74) is 1.16. The molecule has 2 N–H and O–H groups in total. The number of nitrogens with zero attached hydrogens (tertiary/aromatic N) is 5. The lowest BCUT2D eigenvalue weighted by Crippen LogP contribution is -2.32. The van der Waals surface area contributed by atoms with E-state index < -0.39 is 0 Å². The summed E-state index contributed by atoms with van der Waals surface area (Å²) in [4.78, 5) is 13.5. The van der Waals surface area contributed by atoms with Crippen molar-refractivity contribution in [2.24, 2.45) is 7.05 Å². The van der Waals surface area contributed by atoms with Gasteiger partial charge in [-0.1, -0.05) is 0 Å². The Bertz CT molecular complexity index is 912. The van der Waals surface area contributed by atoms with Crippen LogP contribution in [0.1, 0.15) is 29.4 Å². The Morgan fingerprint density at radius 1 is 1.30 bits per heavy atom. The van der Waals surface area contributed by atoms with E-state index in [1.807, 2.05) is 46.8 Å². The van der Waals surface area contributed by atoms with Crippen LogP contribution in [0.15, 0.2) is 52.9 Å². The third-order valence-corrected chi connectivity index (χ3v) is 5.54. The van der Waals surface area contributed by atoms with Crippen molar-refractivity contribution in [2.45, 2.75) is 28.9 Å². The quantitative estimate of drug-likeness (QED) is 0.703. The fourth-order valence-corrected chi connectivity index (χ4v) is 3.76. The maximum absolute atomic E-state index is 12.5. The second-order valence-electron chi connectivity index (χ2n) is 6.49. The summed E-state index contributed by atoms with van der Waals surface area (Å²) in [5, 5.41) is 19.4. The molecule has 1 amide bonds. The van der Waals surface area contributed by atoms with Crippen LogP contribution >= 0.6 is 11.8 Å². The van der Waals surface area contributed by atoms with E-state index >= 15 is 0 Å². The topological polar surface area (TPSA) is 89.7 Å². The maximum Gasteiger partial charge on any atom is 0.276 e. The molecule has 3 heterocycles. The van der Waals surface area contributed by atoms with Crippen LogP contribution in [-0.4, -0.2) is 43.5 Å². The fraction of sp³-hybridized carbons (Fsp3) is 0.333. The van der Waals surface area contributed by atoms with Crippen LogP contribution in [0, 0.1) is 0 Å². The molecule has 0 radical (unpaired) electrons. The molecule has 140 valence electrons. The number of amides is 1. The number of benzene rings is 1. The zero-order valence-electron chi connectivity index (χ0n) is 15.0. The summed E-state index contributed by atoms with van der Waals surface area (Å²) in [5.74, 6) is -0.203. The normalized spacial score (nSPS) is 17.0. The average Bonchev–Trinajstić information content (AvgIpc) is 3.34. The average molecular weight is 383 g/mol. The molecule has 0 bridgehead atoms. The third kappa shape index (κ3) is 4.20. The zero-order chi connectivity index (χ0) is 18.6. The van der Waals surface area contributed by atoms with Gasteiger partial charge in [0.05, 0.1) is 6.04 Å². The molecule has 1 unspecified atom stereocenters. The number of carbonyl (C=O) groups is 1. The molecule has 1 aliphatic rings. The van der Waals surface area contributed by atoms with E-state index in [2.05, 4.69) is 25.9 Å². The number of anilines is 1. The highest BCUT2D eigenvalue weighted by Crippen LogP contribution is 2.26. The lowest BCUT2D eigenvalue weighted by molar-refractivity contribution is 0.102. The van der Waals surface area contributed by atoms with Gasteiger partial charge >= 0.3 is 0 Å². The second kappa shape index (κ2) is 7.93. The number of nitrogens with one attached hydrogen (secondary N) is 2. The fourth-order valence-electron chi connectivity index (χ4n) is 2.99. The summed E-state index contributed by atoms with van der Waals surface area (Å²) in [6, 6.07) is 9.72. The van der Waals surface area contributed by atoms with Gasteiger partial charge in [0.2, 0.25) is 0 Å². The van der Waals surface area contributed by atoms with Crippen LogP contribution in [0.4, 0.5) is 5.69 Å². The van der Waals surface area contributed by atoms with Gasteiger partial charge in [0.25, 0.3) is 5.91 Å². The first kappa shape index (κ1) is 17.7. The lowest BCUT2D eigenvalue weighted by atomic mass is 10.1. The highest BCUT2D eigenvalue weighted by atomic mass is 32.2. The zero-order valence-corrected chi connectivity index (χ0v) is 15.8. The molecule has 1 aromatic carbocycles. The SMILES string of the molecule is Cn1cnnc1Sc1ccc(NC(=O)c2ccn(C3CCCNC3)n2)cc1. The highest BCUT2D eigenvalue weighted by Gasteiger charge is 2.17. The highest BCUT2D eigenvalue weighted by molar-refractivity contribution is 7.99. The summed E-state index contributed by atoms with van der Waals surface area (Å²) < 4.78 is 3.75. The molecule has 0 saturated carbocycles. The first-order valence-corrected chi connectivity index (χ1v) is 9.70. The Labute approximate surface area is 161 Å². The van der Waals surface area contributed by atoms with E-state index in [4.69, 9.17) is 0 Å². The van der Waals surface area contributed by atoms with Crippen LogP contribution in [-0.2, 0) is 7.05 Å². The van der Waals surface area contributed by atoms with Gasteiger partial charge in [-0.3, -0.25) is 9.48 Å². The predicted molar refractivity (Wildman–Crippen MR) is 103 cm³/mol. The molecule has 27 heavy (non-hydrogen) atoms. The Kier molecular flexibility index (Phi) is 5.21. The Morgan fingerprint density at radius 3 is 2.85 bits per heavy atom. The molecule has 1 fully saturated rings. The van der Waals surface area contributed by atoms with Gasteiger partial charge in [-0.05, 0) is 61.5 Å². The van der Waals surface area contributed by atoms with Crippen LogP contribution < -0.4 is 10.6 Å². The number of aromatic nitrogens is 5. The molecule has 1 aliphatic heterocycles. The minimum absolute atomic E-state index is 0.203. The Balaban J connectivity index is 1.38. The van der Waals surface area contributed by atoms with Gasteiger partial charge in [0, 0.05) is 30.4 Å². The Hall–Kier alpha value is -2.65. The molecular weight excluding hydrogens is 362 g/mol. The number of rotatable bonds is 5. The molecule has 0 spiro atoms. The number of hydrogen-bond donors (Lipinski definition) is 2. The van der Waals surface area contributed by atoms with Crippen molar-refractivity contribution in [2.75, 3.05) is 18.4 Å². The monoisotopic (exact) mass is 383 g/mol. The number of aryl methyl sites for hydroxylation is 1. The maximum atomic E-state index is 12.5. The lowest BCUT2D eigenvalue weighted by Gasteiger charge is -2.22. The minimum Gasteiger partial charge on any atom is -0.321 e. The van der Waals surface area contributed by atoms with Crippen molar-refractivity contribution in [3.63, 3.8) is 0 Å². The number of hydrogen-bond acceptors (Lipinski definition) is 6. The molecule has 2 aromatic heterocycles. The van der Waals surface area contributed by atoms with Gasteiger partial charge in [-0.2, -0.15) is 5.10 Å². The van der Waals surface area contributed by atoms with Gasteiger partial charge < -0.3 is 15.2 Å². The van der Waals surface area contributed by atoms with Crippen molar-refractivity contribution in [1.29, 1.82) is 0 Å². The first-order chi connectivity index (χ1) is 13.2. The molecule has 8 nitrogen and oxygen atoms in total. The molecule has 0 aliphatic carbocycles. The van der Waals surface area contributed by atoms with Gasteiger partial charge in [0.15, 0.2) is 10.9 Å². The standard InChI is InChI=1S/C18H21N7OS/c1-24-12-20-22-18(24)27-15-6-4-13(5-7-15)21-17(26)16-8-10-25(23-16)14-3-2-9-19-11-14/h4-8,10,12,14,19H,2-3,9,11H2,1H3,(H,21,26). The smallest absolute Gasteiger partial charge is 0.276 e. The molecule has 9 heteroatoms. The molecule has 1 saturated heterocycles. The van der Waals surface area contributed by atoms with Gasteiger partial charge in [0.1, 0.15) is 6.33 Å². The van der Waals surface area contributed by atoms with Crippen molar-refractivity contribution < 1.29 is 4.79 Å². The number of carbonyl (C=O) groups excluding carboxylic acids is 1. The Morgan fingerprint density at radius 2 is 2.15 bits per heavy atom. The van der Waals surface area contributed by atoms with E-state index in [0.29, 0.717) is 11.7 Å². The van der Waals surface area contributed by atoms with Crippen molar-refractivity contribution in [3.05, 3.63) is 48.5 Å². The van der Waals surface area contributed by atoms with E-state index in [1.54, 1.807) is 12.4 Å². The van der Waals surface area contributed by atoms with Crippen LogP contribution in [0.2, 0.25) is 0 Å². The summed E-state index contributed by atoms with van der Waals surface area (Å²) in [6.07, 6.45) is 5.76. The summed E-state index contributed by atoms with van der Waals surface area (Å²) in [7, 11) is 1.90. The molecule has 1 atom stereocenters. The molecule has 3 aromatic rings. The van der Waals surface area contributed by atoms with Crippen molar-refractivity contribution in [1.82, 2.24) is 29.9 Å². The van der Waals surface area contributed by atoms with Crippen LogP contribution in [0.3, 0.4) is 0 Å². The second-order valence-corrected chi connectivity index (χ2v) is 7.53. The summed E-state index contributed by atoms with van der Waals surface area (Å²) >= 11 is 1.52. The first-order valence-electron chi connectivity index (χ1n) is 8.88. The molecular formula is C18H21N7OS. The predicted octanol–water partition coefficient (Wildman–Crippen LogP) is 2.34. The minimum atomic E-state index is -0.203. The van der Waals surface area contributed by atoms with E-state index in [0.717, 1.165) is 41.7 Å². The van der Waals surface area contributed by atoms with Gasteiger partial charge in [-0.25, -0.2) is 0 Å². The van der Waals surface area contributed by atoms with Crippen molar-refractivity contribution in [3.8, 4) is 0 Å². The summed E-state index contributed by atoms with van der Waals surface area (Å²) in [6.45, 7) is 1.95. The van der Waals surface area contributed by atoms with Crippen LogP contribution in [0.5, 0.6) is 0 Å². The molecule has 4 rings (SSSR count). The van der Waals surface area contributed by atoms with E-state index in [1.165, 1.54) is 11.8 Å². The number of piperidine rings is 1. The third-order valence-electron chi connectivity index (χ3n) is 4.48. The van der Waals surface area contributed by atoms with Crippen LogP contribution in [0.25, 0.3) is 0 Å². The van der Waals surface area contributed by atoms with Gasteiger partial charge in [-0.15, -0.1) is 10.2 Å².